The third-order valence-electron chi connectivity index (χ3n) is 4.51. The second-order valence-electron chi connectivity index (χ2n) is 7.94. The van der Waals surface area contributed by atoms with E-state index in [1.807, 2.05) is 37.3 Å². The van der Waals surface area contributed by atoms with Crippen LogP contribution in [-0.4, -0.2) is 20.9 Å². The van der Waals surface area contributed by atoms with Crippen molar-refractivity contribution in [3.63, 3.8) is 0 Å². The fourth-order valence-corrected chi connectivity index (χ4v) is 2.89. The van der Waals surface area contributed by atoms with Gasteiger partial charge in [-0.05, 0) is 28.7 Å². The maximum atomic E-state index is 12.5. The Bertz CT molecular complexity index is 893. The molecule has 5 nitrogen and oxygen atoms in total. The molecule has 0 saturated carbocycles. The molecule has 0 aliphatic carbocycles. The highest BCUT2D eigenvalue weighted by molar-refractivity contribution is 5.81. The van der Waals surface area contributed by atoms with E-state index in [4.69, 9.17) is 4.52 Å². The lowest BCUT2D eigenvalue weighted by molar-refractivity contribution is -0.118. The number of nitrogens with zero attached hydrogens (tertiary/aromatic N) is 3. The summed E-state index contributed by atoms with van der Waals surface area (Å²) in [7, 11) is 0. The normalized spacial score (nSPS) is 12.7. The van der Waals surface area contributed by atoms with Crippen LogP contribution in [0, 0.1) is 0 Å². The summed E-state index contributed by atoms with van der Waals surface area (Å²) in [5.74, 6) is 0.939. The monoisotopic (exact) mass is 363 g/mol. The highest BCUT2D eigenvalue weighted by Crippen LogP contribution is 2.24. The predicted molar refractivity (Wildman–Crippen MR) is 104 cm³/mol. The average molecular weight is 363 g/mol. The van der Waals surface area contributed by atoms with Crippen LogP contribution >= 0.6 is 0 Å². The molecule has 27 heavy (non-hydrogen) atoms. The Morgan fingerprint density at radius 3 is 2.48 bits per heavy atom. The van der Waals surface area contributed by atoms with Crippen molar-refractivity contribution in [3.05, 3.63) is 65.7 Å². The summed E-state index contributed by atoms with van der Waals surface area (Å²) in [4.78, 5) is 21.0. The van der Waals surface area contributed by atoms with Gasteiger partial charge in [0.25, 0.3) is 0 Å². The lowest BCUT2D eigenvalue weighted by Gasteiger charge is -2.19. The second kappa shape index (κ2) is 7.82. The fourth-order valence-electron chi connectivity index (χ4n) is 2.89. The molecule has 1 unspecified atom stereocenters. The largest absolute Gasteiger partial charge is 0.339 e. The van der Waals surface area contributed by atoms with Gasteiger partial charge in [0.1, 0.15) is 11.5 Å². The third-order valence-corrected chi connectivity index (χ3v) is 4.51. The number of pyridine rings is 1. The lowest BCUT2D eigenvalue weighted by Crippen LogP contribution is -2.11. The molecule has 1 aromatic carbocycles. The number of ketones is 1. The van der Waals surface area contributed by atoms with Crippen LogP contribution in [0.2, 0.25) is 0 Å². The highest BCUT2D eigenvalue weighted by Gasteiger charge is 2.19. The van der Waals surface area contributed by atoms with Crippen molar-refractivity contribution in [1.29, 1.82) is 0 Å². The van der Waals surface area contributed by atoms with E-state index in [0.29, 0.717) is 30.3 Å². The van der Waals surface area contributed by atoms with Crippen molar-refractivity contribution in [2.24, 2.45) is 0 Å². The first-order valence-electron chi connectivity index (χ1n) is 9.19. The van der Waals surface area contributed by atoms with Gasteiger partial charge in [0.2, 0.25) is 11.7 Å². The van der Waals surface area contributed by atoms with Crippen LogP contribution in [0.5, 0.6) is 0 Å². The number of rotatable bonds is 6. The smallest absolute Gasteiger partial charge is 0.230 e. The van der Waals surface area contributed by atoms with Crippen LogP contribution < -0.4 is 0 Å². The number of hydrogen-bond acceptors (Lipinski definition) is 5. The number of hydrogen-bond donors (Lipinski definition) is 0. The molecule has 2 heterocycles. The summed E-state index contributed by atoms with van der Waals surface area (Å²) in [5, 5.41) is 3.97. The quantitative estimate of drug-likeness (QED) is 0.633. The average Bonchev–Trinajstić information content (AvgIpc) is 3.12. The molecule has 0 bridgehead atoms. The van der Waals surface area contributed by atoms with Crippen LogP contribution in [0.3, 0.4) is 0 Å². The minimum Gasteiger partial charge on any atom is -0.339 e. The van der Waals surface area contributed by atoms with E-state index in [2.05, 4.69) is 48.0 Å². The molecule has 1 atom stereocenters. The van der Waals surface area contributed by atoms with Crippen LogP contribution in [0.4, 0.5) is 0 Å². The summed E-state index contributed by atoms with van der Waals surface area (Å²) in [5.41, 5.74) is 3.06. The molecule has 0 aliphatic heterocycles. The van der Waals surface area contributed by atoms with Gasteiger partial charge in [0.15, 0.2) is 0 Å². The summed E-state index contributed by atoms with van der Waals surface area (Å²) in [6.45, 7) is 8.46. The predicted octanol–water partition coefficient (Wildman–Crippen LogP) is 4.73. The molecule has 0 N–H and O–H groups in total. The van der Waals surface area contributed by atoms with Gasteiger partial charge in [-0.3, -0.25) is 9.78 Å². The zero-order chi connectivity index (χ0) is 19.4. The van der Waals surface area contributed by atoms with Crippen molar-refractivity contribution in [3.8, 4) is 11.5 Å². The maximum absolute atomic E-state index is 12.5. The minimum atomic E-state index is -0.128. The van der Waals surface area contributed by atoms with Gasteiger partial charge in [-0.15, -0.1) is 0 Å². The number of carbonyl (C=O) groups is 1. The molecule has 0 amide bonds. The van der Waals surface area contributed by atoms with E-state index in [1.165, 1.54) is 5.56 Å². The number of carbonyl (C=O) groups excluding carboxylic acids is 1. The highest BCUT2D eigenvalue weighted by atomic mass is 16.5. The van der Waals surface area contributed by atoms with Crippen LogP contribution in [-0.2, 0) is 16.6 Å². The molecule has 0 spiro atoms. The topological polar surface area (TPSA) is 68.9 Å². The first kappa shape index (κ1) is 19.0. The summed E-state index contributed by atoms with van der Waals surface area (Å²) < 4.78 is 5.33. The van der Waals surface area contributed by atoms with Gasteiger partial charge < -0.3 is 4.52 Å². The van der Waals surface area contributed by atoms with Gasteiger partial charge in [-0.25, -0.2) is 0 Å². The summed E-state index contributed by atoms with van der Waals surface area (Å²) >= 11 is 0. The van der Waals surface area contributed by atoms with Crippen LogP contribution in [0.25, 0.3) is 11.5 Å². The van der Waals surface area contributed by atoms with Crippen molar-refractivity contribution < 1.29 is 9.32 Å². The molecular weight excluding hydrogens is 338 g/mol. The van der Waals surface area contributed by atoms with Crippen molar-refractivity contribution in [2.75, 3.05) is 0 Å². The molecule has 0 fully saturated rings. The zero-order valence-corrected chi connectivity index (χ0v) is 16.3. The molecule has 3 aromatic rings. The molecule has 140 valence electrons. The third kappa shape index (κ3) is 4.88. The molecular formula is C22H25N3O2. The van der Waals surface area contributed by atoms with E-state index < -0.39 is 0 Å². The molecule has 0 saturated heterocycles. The Labute approximate surface area is 159 Å². The minimum absolute atomic E-state index is 0.111. The van der Waals surface area contributed by atoms with Gasteiger partial charge >= 0.3 is 0 Å². The standard InChI is InChI=1S/C22H25N3O2/c1-15(21-24-20(25-27-21)19-7-5-6-12-23-19)13-18(26)14-16-8-10-17(11-9-16)22(2,3)4/h5-12,15H,13-14H2,1-4H3. The van der Waals surface area contributed by atoms with Gasteiger partial charge in [0, 0.05) is 25.0 Å². The molecule has 0 aliphatic rings. The van der Waals surface area contributed by atoms with E-state index in [9.17, 15) is 4.79 Å². The Morgan fingerprint density at radius 1 is 1.11 bits per heavy atom. The summed E-state index contributed by atoms with van der Waals surface area (Å²) in [6.07, 6.45) is 2.46. The van der Waals surface area contributed by atoms with Crippen LogP contribution in [0.15, 0.2) is 53.2 Å². The van der Waals surface area contributed by atoms with Crippen molar-refractivity contribution >= 4 is 5.78 Å². The second-order valence-corrected chi connectivity index (χ2v) is 7.94. The van der Waals surface area contributed by atoms with E-state index >= 15 is 0 Å². The van der Waals surface area contributed by atoms with Gasteiger partial charge in [-0.2, -0.15) is 4.98 Å². The van der Waals surface area contributed by atoms with Crippen molar-refractivity contribution in [1.82, 2.24) is 15.1 Å². The Kier molecular flexibility index (Phi) is 5.49. The van der Waals surface area contributed by atoms with Crippen molar-refractivity contribution in [2.45, 2.75) is 51.9 Å². The summed E-state index contributed by atoms with van der Waals surface area (Å²) in [6, 6.07) is 13.8. The SMILES string of the molecule is CC(CC(=O)Cc1ccc(C(C)(C)C)cc1)c1nc(-c2ccccn2)no1. The Hall–Kier alpha value is -2.82. The van der Waals surface area contributed by atoms with E-state index in [-0.39, 0.29) is 17.1 Å². The van der Waals surface area contributed by atoms with E-state index in [0.717, 1.165) is 5.56 Å². The lowest BCUT2D eigenvalue weighted by atomic mass is 9.86. The molecule has 5 heteroatoms. The van der Waals surface area contributed by atoms with Crippen LogP contribution in [0.1, 0.15) is 57.1 Å². The molecule has 0 radical (unpaired) electrons. The van der Waals surface area contributed by atoms with Gasteiger partial charge in [-0.1, -0.05) is 63.2 Å². The first-order chi connectivity index (χ1) is 12.8. The Balaban J connectivity index is 1.60. The fraction of sp³-hybridized carbons (Fsp3) is 0.364. The first-order valence-corrected chi connectivity index (χ1v) is 9.19. The molecule has 2 aromatic heterocycles. The Morgan fingerprint density at radius 2 is 1.85 bits per heavy atom. The maximum Gasteiger partial charge on any atom is 0.230 e. The molecule has 3 rings (SSSR count). The zero-order valence-electron chi connectivity index (χ0n) is 16.3. The number of benzene rings is 1. The number of Topliss-reactive ketones (excluding diaryl/α,β-unsaturated/α-hetero) is 1. The number of aromatic nitrogens is 3. The van der Waals surface area contributed by atoms with E-state index in [1.54, 1.807) is 6.20 Å². The van der Waals surface area contributed by atoms with Gasteiger partial charge in [0.05, 0.1) is 0 Å².